The van der Waals surface area contributed by atoms with E-state index in [0.717, 1.165) is 12.8 Å². The van der Waals surface area contributed by atoms with Gasteiger partial charge in [-0.05, 0) is 6.42 Å². The first-order chi connectivity index (χ1) is 5.74. The fourth-order valence-corrected chi connectivity index (χ4v) is 1.06. The molecule has 0 amide bonds. The van der Waals surface area contributed by atoms with Gasteiger partial charge in [0, 0.05) is 0 Å². The van der Waals surface area contributed by atoms with E-state index >= 15 is 0 Å². The minimum absolute atomic E-state index is 0.260. The van der Waals surface area contributed by atoms with Crippen molar-refractivity contribution in [2.75, 3.05) is 6.61 Å². The summed E-state index contributed by atoms with van der Waals surface area (Å²) in [5, 5.41) is 0. The quantitative estimate of drug-likeness (QED) is 0.494. The Bertz CT molecular complexity index is 160. The summed E-state index contributed by atoms with van der Waals surface area (Å²) in [5.41, 5.74) is 5.58. The zero-order valence-electron chi connectivity index (χ0n) is 7.29. The third-order valence-electron chi connectivity index (χ3n) is 1.78. The Morgan fingerprint density at radius 1 is 1.75 bits per heavy atom. The average molecular weight is 173 g/mol. The van der Waals surface area contributed by atoms with E-state index in [0.29, 0.717) is 6.61 Å². The highest BCUT2D eigenvalue weighted by Crippen LogP contribution is 2.14. The van der Waals surface area contributed by atoms with Gasteiger partial charge in [0.25, 0.3) is 0 Å². The smallest absolute Gasteiger partial charge is 0.309 e. The molecule has 4 nitrogen and oxygen atoms in total. The van der Waals surface area contributed by atoms with Crippen LogP contribution in [0.3, 0.4) is 0 Å². The number of hydrogen-bond acceptors (Lipinski definition) is 4. The van der Waals surface area contributed by atoms with E-state index in [-0.39, 0.29) is 18.4 Å². The molecule has 0 bridgehead atoms. The maximum atomic E-state index is 10.7. The van der Waals surface area contributed by atoms with Crippen molar-refractivity contribution in [3.63, 3.8) is 0 Å². The number of rotatable bonds is 4. The van der Waals surface area contributed by atoms with Crippen molar-refractivity contribution in [1.82, 2.24) is 0 Å². The minimum atomic E-state index is -0.510. The Balaban J connectivity index is 2.19. The summed E-state index contributed by atoms with van der Waals surface area (Å²) >= 11 is 0. The zero-order chi connectivity index (χ0) is 8.97. The van der Waals surface area contributed by atoms with Gasteiger partial charge in [0.15, 0.2) is 0 Å². The lowest BCUT2D eigenvalue weighted by Crippen LogP contribution is -2.32. The summed E-state index contributed by atoms with van der Waals surface area (Å²) in [7, 11) is 0. The molecule has 1 aliphatic heterocycles. The fourth-order valence-electron chi connectivity index (χ4n) is 1.06. The lowest BCUT2D eigenvalue weighted by molar-refractivity contribution is -0.163. The summed E-state index contributed by atoms with van der Waals surface area (Å²) in [6.45, 7) is 2.69. The molecule has 0 aromatic heterocycles. The second-order valence-corrected chi connectivity index (χ2v) is 2.95. The van der Waals surface area contributed by atoms with Gasteiger partial charge in [-0.2, -0.15) is 0 Å². The molecule has 1 rings (SSSR count). The molecule has 12 heavy (non-hydrogen) atoms. The maximum Gasteiger partial charge on any atom is 0.309 e. The highest BCUT2D eigenvalue weighted by molar-refractivity contribution is 5.72. The van der Waals surface area contributed by atoms with Crippen LogP contribution in [0.5, 0.6) is 0 Å². The molecule has 1 saturated heterocycles. The number of unbranched alkanes of at least 4 members (excludes halogenated alkanes) is 1. The van der Waals surface area contributed by atoms with E-state index in [1.54, 1.807) is 0 Å². The number of cyclic esters (lactones) is 1. The van der Waals surface area contributed by atoms with Crippen molar-refractivity contribution in [3.8, 4) is 0 Å². The van der Waals surface area contributed by atoms with Crippen LogP contribution in [0, 0.1) is 0 Å². The predicted molar refractivity (Wildman–Crippen MR) is 43.3 cm³/mol. The van der Waals surface area contributed by atoms with Gasteiger partial charge >= 0.3 is 5.97 Å². The van der Waals surface area contributed by atoms with E-state index in [1.165, 1.54) is 0 Å². The van der Waals surface area contributed by atoms with Crippen LogP contribution in [0.2, 0.25) is 0 Å². The normalized spacial score (nSPS) is 29.0. The van der Waals surface area contributed by atoms with Crippen LogP contribution in [0.4, 0.5) is 0 Å². The van der Waals surface area contributed by atoms with Crippen molar-refractivity contribution < 1.29 is 14.3 Å². The summed E-state index contributed by atoms with van der Waals surface area (Å²) in [5.74, 6) is -0.260. The molecule has 2 N–H and O–H groups in total. The van der Waals surface area contributed by atoms with E-state index < -0.39 is 6.29 Å². The van der Waals surface area contributed by atoms with Crippen LogP contribution in [-0.2, 0) is 14.3 Å². The Morgan fingerprint density at radius 2 is 2.50 bits per heavy atom. The standard InChI is InChI=1S/C8H15NO3/c1-2-3-4-11-8-6(9)5-7(10)12-8/h6,8H,2-5,9H2,1H3/t6-,8+/m0/s1. The molecular formula is C8H15NO3. The summed E-state index contributed by atoms with van der Waals surface area (Å²) < 4.78 is 10.1. The van der Waals surface area contributed by atoms with Crippen LogP contribution >= 0.6 is 0 Å². The second-order valence-electron chi connectivity index (χ2n) is 2.95. The molecule has 1 fully saturated rings. The predicted octanol–water partition coefficient (Wildman–Crippen LogP) is 0.403. The maximum absolute atomic E-state index is 10.7. The molecule has 0 spiro atoms. The molecule has 1 aliphatic rings. The number of hydrogen-bond donors (Lipinski definition) is 1. The lowest BCUT2D eigenvalue weighted by Gasteiger charge is -2.13. The molecule has 70 valence electrons. The van der Waals surface area contributed by atoms with Gasteiger partial charge in [-0.1, -0.05) is 13.3 Å². The first-order valence-electron chi connectivity index (χ1n) is 4.30. The van der Waals surface area contributed by atoms with E-state index in [9.17, 15) is 4.79 Å². The molecule has 0 aliphatic carbocycles. The Morgan fingerprint density at radius 3 is 3.00 bits per heavy atom. The monoisotopic (exact) mass is 173 g/mol. The third kappa shape index (κ3) is 2.46. The molecule has 0 unspecified atom stereocenters. The summed E-state index contributed by atoms with van der Waals surface area (Å²) in [6.07, 6.45) is 1.80. The van der Waals surface area contributed by atoms with Gasteiger partial charge in [-0.3, -0.25) is 4.79 Å². The van der Waals surface area contributed by atoms with Gasteiger partial charge in [-0.15, -0.1) is 0 Å². The molecule has 4 heteroatoms. The molecule has 0 aromatic rings. The van der Waals surface area contributed by atoms with Crippen LogP contribution in [0.1, 0.15) is 26.2 Å². The van der Waals surface area contributed by atoms with Crippen molar-refractivity contribution >= 4 is 5.97 Å². The number of carbonyl (C=O) groups excluding carboxylic acids is 1. The lowest BCUT2D eigenvalue weighted by atomic mass is 10.2. The third-order valence-corrected chi connectivity index (χ3v) is 1.78. The molecule has 2 atom stereocenters. The number of ether oxygens (including phenoxy) is 2. The fraction of sp³-hybridized carbons (Fsp3) is 0.875. The number of nitrogens with two attached hydrogens (primary N) is 1. The zero-order valence-corrected chi connectivity index (χ0v) is 7.29. The van der Waals surface area contributed by atoms with Crippen molar-refractivity contribution in [2.45, 2.75) is 38.5 Å². The number of esters is 1. The first kappa shape index (κ1) is 9.48. The highest BCUT2D eigenvalue weighted by atomic mass is 16.7. The van der Waals surface area contributed by atoms with Crippen LogP contribution in [-0.4, -0.2) is 24.9 Å². The molecule has 1 heterocycles. The van der Waals surface area contributed by atoms with Gasteiger partial charge in [-0.25, -0.2) is 0 Å². The van der Waals surface area contributed by atoms with E-state index in [4.69, 9.17) is 15.2 Å². The Kier molecular flexibility index (Phi) is 3.49. The second kappa shape index (κ2) is 4.42. The molecule has 0 radical (unpaired) electrons. The van der Waals surface area contributed by atoms with Crippen molar-refractivity contribution in [1.29, 1.82) is 0 Å². The number of carbonyl (C=O) groups is 1. The van der Waals surface area contributed by atoms with Crippen LogP contribution in [0.25, 0.3) is 0 Å². The average Bonchev–Trinajstić information content (AvgIpc) is 2.31. The van der Waals surface area contributed by atoms with E-state index in [2.05, 4.69) is 6.92 Å². The van der Waals surface area contributed by atoms with Crippen LogP contribution < -0.4 is 5.73 Å². The SMILES string of the molecule is CCCCO[C@@H]1OC(=O)C[C@@H]1N. The summed E-state index contributed by atoms with van der Waals surface area (Å²) in [6, 6.07) is -0.283. The minimum Gasteiger partial charge on any atom is -0.434 e. The molecule has 0 saturated carbocycles. The topological polar surface area (TPSA) is 61.5 Å². The van der Waals surface area contributed by atoms with E-state index in [1.807, 2.05) is 0 Å². The van der Waals surface area contributed by atoms with Crippen molar-refractivity contribution in [2.24, 2.45) is 5.73 Å². The van der Waals surface area contributed by atoms with Crippen LogP contribution in [0.15, 0.2) is 0 Å². The Labute approximate surface area is 72.0 Å². The largest absolute Gasteiger partial charge is 0.434 e. The van der Waals surface area contributed by atoms with Gasteiger partial charge in [0.2, 0.25) is 6.29 Å². The highest BCUT2D eigenvalue weighted by Gasteiger charge is 2.32. The first-order valence-corrected chi connectivity index (χ1v) is 4.30. The van der Waals surface area contributed by atoms with Gasteiger partial charge in [0.1, 0.15) is 0 Å². The Hall–Kier alpha value is -0.610. The molecular weight excluding hydrogens is 158 g/mol. The van der Waals surface area contributed by atoms with Gasteiger partial charge < -0.3 is 15.2 Å². The summed E-state index contributed by atoms with van der Waals surface area (Å²) in [4.78, 5) is 10.7. The van der Waals surface area contributed by atoms with Gasteiger partial charge in [0.05, 0.1) is 19.1 Å². The molecule has 0 aromatic carbocycles. The van der Waals surface area contributed by atoms with Crippen molar-refractivity contribution in [3.05, 3.63) is 0 Å².